The number of sulfonamides is 1. The second-order valence-corrected chi connectivity index (χ2v) is 18.5. The van der Waals surface area contributed by atoms with Gasteiger partial charge in [0.15, 0.2) is 5.78 Å². The fraction of sp³-hybridized carbons (Fsp3) is 0.605. The molecule has 2 amide bonds. The largest absolute Gasteiger partial charge is 0.496 e. The Hall–Kier alpha value is -3.62. The van der Waals surface area contributed by atoms with Crippen LogP contribution < -0.4 is 19.5 Å². The number of thiazole rings is 1. The molecule has 1 aromatic carbocycles. The monoisotopic (exact) mass is 751 g/mol. The SMILES string of the molecule is CC[C@@H]1C[C@]1(CC(=O)C1C[C@@H](Oc2cc(-c3nc(C(C)C)cs3)nc3c(C)c(OC)ccc23)[C@H]2CN[C@H](C(C)C)C(=O)N12)C(=O)NS(=O)(=O)C1CC1. The van der Waals surface area contributed by atoms with Crippen LogP contribution in [0.25, 0.3) is 21.6 Å². The number of ketones is 1. The molecule has 4 heterocycles. The Balaban J connectivity index is 1.23. The molecule has 4 aliphatic rings. The molecule has 2 aromatic heterocycles. The Labute approximate surface area is 309 Å². The van der Waals surface area contributed by atoms with E-state index in [0.29, 0.717) is 54.9 Å². The second-order valence-electron chi connectivity index (χ2n) is 15.7. The maximum atomic E-state index is 14.4. The first kappa shape index (κ1) is 36.7. The minimum absolute atomic E-state index is 0.0134. The maximum absolute atomic E-state index is 14.4. The van der Waals surface area contributed by atoms with Crippen LogP contribution in [0.1, 0.15) is 90.3 Å². The summed E-state index contributed by atoms with van der Waals surface area (Å²) >= 11 is 1.52. The van der Waals surface area contributed by atoms with E-state index >= 15 is 0 Å². The van der Waals surface area contributed by atoms with E-state index in [-0.39, 0.29) is 42.3 Å². The first-order valence-corrected chi connectivity index (χ1v) is 20.9. The smallest absolute Gasteiger partial charge is 0.241 e. The van der Waals surface area contributed by atoms with Gasteiger partial charge >= 0.3 is 0 Å². The van der Waals surface area contributed by atoms with Crippen molar-refractivity contribution in [2.75, 3.05) is 13.7 Å². The van der Waals surface area contributed by atoms with E-state index in [1.807, 2.05) is 51.3 Å². The van der Waals surface area contributed by atoms with Gasteiger partial charge in [-0.15, -0.1) is 11.3 Å². The zero-order valence-corrected chi connectivity index (χ0v) is 32.5. The fourth-order valence-corrected chi connectivity index (χ4v) is 10.5. The predicted molar refractivity (Wildman–Crippen MR) is 199 cm³/mol. The van der Waals surface area contributed by atoms with Gasteiger partial charge in [0.2, 0.25) is 21.8 Å². The molecule has 6 atom stereocenters. The third-order valence-corrected chi connectivity index (χ3v) is 14.2. The number of Topliss-reactive ketones (excluding diaryl/α,β-unsaturated/α-hetero) is 1. The van der Waals surface area contributed by atoms with E-state index in [1.165, 1.54) is 11.3 Å². The lowest BCUT2D eigenvalue weighted by Crippen LogP contribution is -2.64. The third kappa shape index (κ3) is 6.48. The highest BCUT2D eigenvalue weighted by atomic mass is 32.2. The number of fused-ring (bicyclic) bond motifs is 2. The Morgan fingerprint density at radius 3 is 2.52 bits per heavy atom. The van der Waals surface area contributed by atoms with Gasteiger partial charge in [-0.3, -0.25) is 19.1 Å². The molecule has 3 aromatic rings. The van der Waals surface area contributed by atoms with Crippen molar-refractivity contribution in [2.24, 2.45) is 17.3 Å². The predicted octanol–water partition coefficient (Wildman–Crippen LogP) is 5.13. The van der Waals surface area contributed by atoms with Crippen molar-refractivity contribution in [3.63, 3.8) is 0 Å². The lowest BCUT2D eigenvalue weighted by molar-refractivity contribution is -0.146. The van der Waals surface area contributed by atoms with Crippen LogP contribution in [0, 0.1) is 24.2 Å². The van der Waals surface area contributed by atoms with Crippen LogP contribution in [0.5, 0.6) is 11.5 Å². The van der Waals surface area contributed by atoms with E-state index in [9.17, 15) is 22.8 Å². The molecular weight excluding hydrogens is 703 g/mol. The molecule has 2 aliphatic heterocycles. The number of nitrogens with one attached hydrogen (secondary N) is 2. The quantitative estimate of drug-likeness (QED) is 0.240. The summed E-state index contributed by atoms with van der Waals surface area (Å²) in [6.07, 6.45) is 1.69. The number of carbonyl (C=O) groups excluding carboxylic acids is 3. The van der Waals surface area contributed by atoms with Crippen LogP contribution in [0.2, 0.25) is 0 Å². The molecule has 0 radical (unpaired) electrons. The van der Waals surface area contributed by atoms with Crippen molar-refractivity contribution in [2.45, 2.75) is 115 Å². The van der Waals surface area contributed by atoms with Gasteiger partial charge in [-0.1, -0.05) is 41.0 Å². The highest BCUT2D eigenvalue weighted by Crippen LogP contribution is 2.58. The molecule has 12 nitrogen and oxygen atoms in total. The molecule has 4 fully saturated rings. The van der Waals surface area contributed by atoms with Gasteiger partial charge < -0.3 is 19.7 Å². The number of carbonyl (C=O) groups is 3. The number of hydrogen-bond acceptors (Lipinski definition) is 11. The van der Waals surface area contributed by atoms with Gasteiger partial charge in [-0.2, -0.15) is 0 Å². The van der Waals surface area contributed by atoms with Gasteiger partial charge in [0, 0.05) is 41.8 Å². The van der Waals surface area contributed by atoms with Gasteiger partial charge in [0.25, 0.3) is 0 Å². The molecule has 14 heteroatoms. The van der Waals surface area contributed by atoms with E-state index in [1.54, 1.807) is 12.0 Å². The number of aromatic nitrogens is 2. The summed E-state index contributed by atoms with van der Waals surface area (Å²) in [5, 5.41) is 6.44. The number of hydrogen-bond donors (Lipinski definition) is 2. The summed E-state index contributed by atoms with van der Waals surface area (Å²) in [7, 11) is -2.15. The number of nitrogens with zero attached hydrogens (tertiary/aromatic N) is 3. The van der Waals surface area contributed by atoms with Crippen molar-refractivity contribution < 1.29 is 32.3 Å². The van der Waals surface area contributed by atoms with Crippen LogP contribution >= 0.6 is 11.3 Å². The molecule has 0 spiro atoms. The zero-order chi connectivity index (χ0) is 37.3. The first-order chi connectivity index (χ1) is 24.7. The summed E-state index contributed by atoms with van der Waals surface area (Å²) in [4.78, 5) is 53.8. The van der Waals surface area contributed by atoms with Gasteiger partial charge in [0.05, 0.1) is 47.1 Å². The molecule has 7 rings (SSSR count). The van der Waals surface area contributed by atoms with Gasteiger partial charge in [-0.05, 0) is 56.1 Å². The number of ether oxygens (including phenoxy) is 2. The van der Waals surface area contributed by atoms with Crippen molar-refractivity contribution >= 4 is 49.9 Å². The average molecular weight is 752 g/mol. The molecular formula is C38H49N5O7S2. The number of piperazine rings is 1. The topological polar surface area (TPSA) is 157 Å². The molecule has 2 N–H and O–H groups in total. The average Bonchev–Trinajstić information content (AvgIpc) is 3.99. The Morgan fingerprint density at radius 2 is 1.90 bits per heavy atom. The van der Waals surface area contributed by atoms with E-state index in [0.717, 1.165) is 21.7 Å². The number of benzene rings is 1. The summed E-state index contributed by atoms with van der Waals surface area (Å²) in [5.74, 6) is 0.381. The molecule has 280 valence electrons. The summed E-state index contributed by atoms with van der Waals surface area (Å²) < 4.78 is 40.4. The third-order valence-electron chi connectivity index (χ3n) is 11.5. The minimum atomic E-state index is -3.78. The number of rotatable bonds is 13. The molecule has 2 aliphatic carbocycles. The molecule has 1 unspecified atom stereocenters. The van der Waals surface area contributed by atoms with Gasteiger partial charge in [0.1, 0.15) is 28.3 Å². The fourth-order valence-electron chi connectivity index (χ4n) is 8.13. The van der Waals surface area contributed by atoms with E-state index < -0.39 is 50.8 Å². The first-order valence-electron chi connectivity index (χ1n) is 18.4. The lowest BCUT2D eigenvalue weighted by atomic mass is 9.90. The van der Waals surface area contributed by atoms with Crippen LogP contribution in [0.3, 0.4) is 0 Å². The normalized spacial score (nSPS) is 27.3. The highest BCUT2D eigenvalue weighted by molar-refractivity contribution is 7.90. The second kappa shape index (κ2) is 13.7. The molecule has 2 saturated carbocycles. The standard InChI is InChI=1S/C38H49N5O7S2/c1-8-22-15-38(22,37(46)42-52(47,48)23-9-10-23)16-29(44)27-14-32(28-17-39-33(20(4)5)36(45)43(27)28)50-31-13-25(35-41-26(18-51-35)19(2)3)40-34-21(6)30(49-7)12-11-24(31)34/h11-13,18-20,22-23,27-28,32-33,39H,8-10,14-17H2,1-7H3,(H,42,46)/t22-,27?,28-,32-,33-,38-/m1/s1. The summed E-state index contributed by atoms with van der Waals surface area (Å²) in [6.45, 7) is 12.5. The minimum Gasteiger partial charge on any atom is -0.496 e. The van der Waals surface area contributed by atoms with E-state index in [2.05, 4.69) is 23.9 Å². The number of aryl methyl sites for hydroxylation is 1. The van der Waals surface area contributed by atoms with Crippen molar-refractivity contribution in [1.82, 2.24) is 24.9 Å². The van der Waals surface area contributed by atoms with Crippen LogP contribution in [0.4, 0.5) is 0 Å². The van der Waals surface area contributed by atoms with E-state index in [4.69, 9.17) is 19.4 Å². The van der Waals surface area contributed by atoms with Gasteiger partial charge in [-0.25, -0.2) is 18.4 Å². The summed E-state index contributed by atoms with van der Waals surface area (Å²) in [6, 6.07) is 3.94. The summed E-state index contributed by atoms with van der Waals surface area (Å²) in [5.41, 5.74) is 2.09. The number of methoxy groups -OCH3 is 1. The zero-order valence-electron chi connectivity index (χ0n) is 30.9. The van der Waals surface area contributed by atoms with Crippen LogP contribution in [-0.4, -0.2) is 84.0 Å². The Morgan fingerprint density at radius 1 is 1.15 bits per heavy atom. The number of amides is 2. The van der Waals surface area contributed by atoms with Crippen molar-refractivity contribution in [1.29, 1.82) is 0 Å². The molecule has 52 heavy (non-hydrogen) atoms. The van der Waals surface area contributed by atoms with Crippen LogP contribution in [-0.2, 0) is 24.4 Å². The van der Waals surface area contributed by atoms with Crippen LogP contribution in [0.15, 0.2) is 23.6 Å². The lowest BCUT2D eigenvalue weighted by Gasteiger charge is -2.40. The Bertz CT molecular complexity index is 2030. The Kier molecular flexibility index (Phi) is 9.65. The molecule has 0 bridgehead atoms. The number of pyridine rings is 1. The maximum Gasteiger partial charge on any atom is 0.241 e. The van der Waals surface area contributed by atoms with Crippen molar-refractivity contribution in [3.8, 4) is 22.2 Å². The van der Waals surface area contributed by atoms with Crippen molar-refractivity contribution in [3.05, 3.63) is 34.8 Å². The highest BCUT2D eigenvalue weighted by Gasteiger charge is 2.62. The molecule has 2 saturated heterocycles.